The predicted octanol–water partition coefficient (Wildman–Crippen LogP) is 4.31. The Morgan fingerprint density at radius 3 is 2.61 bits per heavy atom. The number of pyridine rings is 1. The van der Waals surface area contributed by atoms with Crippen LogP contribution in [0.15, 0.2) is 12.1 Å². The van der Waals surface area contributed by atoms with Gasteiger partial charge in [0.1, 0.15) is 11.9 Å². The van der Waals surface area contributed by atoms with Crippen molar-refractivity contribution in [2.45, 2.75) is 110 Å². The Kier molecular flexibility index (Phi) is 11.2. The molecule has 1 aromatic rings. The maximum atomic E-state index is 12.9. The van der Waals surface area contributed by atoms with Crippen molar-refractivity contribution in [1.29, 1.82) is 0 Å². The molecule has 1 aromatic heterocycles. The smallest absolute Gasteiger partial charge is 0.326 e. The number of aromatic nitrogens is 1. The van der Waals surface area contributed by atoms with Crippen molar-refractivity contribution in [3.63, 3.8) is 0 Å². The highest BCUT2D eigenvalue weighted by Gasteiger charge is 2.33. The molecule has 2 amide bonds. The van der Waals surface area contributed by atoms with Crippen LogP contribution in [-0.4, -0.2) is 88.4 Å². The number of carbonyl (C=O) groups is 2. The number of aliphatic carboxylic acids is 1. The maximum Gasteiger partial charge on any atom is 0.326 e. The number of nitrogens with one attached hydrogen (secondary N) is 2. The van der Waals surface area contributed by atoms with Crippen LogP contribution in [-0.2, 0) is 22.4 Å². The highest BCUT2D eigenvalue weighted by Crippen LogP contribution is 2.23. The van der Waals surface area contributed by atoms with E-state index in [4.69, 9.17) is 9.72 Å². The molecule has 0 saturated carbocycles. The minimum atomic E-state index is -0.990. The predicted molar refractivity (Wildman–Crippen MR) is 151 cm³/mol. The van der Waals surface area contributed by atoms with Gasteiger partial charge in [-0.05, 0) is 104 Å². The normalized spacial score (nSPS) is 20.2. The maximum absolute atomic E-state index is 12.9. The fourth-order valence-corrected chi connectivity index (χ4v) is 5.35. The zero-order valence-corrected chi connectivity index (χ0v) is 24.1. The third kappa shape index (κ3) is 9.42. The number of unbranched alkanes of at least 4 members (excludes halogenated alkanes) is 1. The first-order valence-electron chi connectivity index (χ1n) is 14.4. The highest BCUT2D eigenvalue weighted by atomic mass is 16.5. The summed E-state index contributed by atoms with van der Waals surface area (Å²) in [6.07, 6.45) is 7.41. The van der Waals surface area contributed by atoms with E-state index in [1.165, 1.54) is 5.56 Å². The minimum Gasteiger partial charge on any atom is -0.480 e. The lowest BCUT2D eigenvalue weighted by Gasteiger charge is -2.29. The number of carboxylic acids is 1. The summed E-state index contributed by atoms with van der Waals surface area (Å²) >= 11 is 0. The number of likely N-dealkylation sites (tertiary alicyclic amines) is 1. The van der Waals surface area contributed by atoms with E-state index in [1.807, 2.05) is 34.6 Å². The summed E-state index contributed by atoms with van der Waals surface area (Å²) in [6.45, 7) is 13.9. The molecule has 0 radical (unpaired) electrons. The topological polar surface area (TPSA) is 107 Å². The van der Waals surface area contributed by atoms with E-state index in [0.29, 0.717) is 19.6 Å². The first kappa shape index (κ1) is 30.2. The van der Waals surface area contributed by atoms with Gasteiger partial charge in [0.2, 0.25) is 0 Å². The van der Waals surface area contributed by atoms with Crippen molar-refractivity contribution in [2.24, 2.45) is 0 Å². The first-order valence-corrected chi connectivity index (χ1v) is 14.4. The van der Waals surface area contributed by atoms with E-state index in [0.717, 1.165) is 76.1 Å². The zero-order valence-electron chi connectivity index (χ0n) is 24.1. The SMILES string of the molecule is CC1CCC(C)N1C(=O)NC(CCN(CCCCc1ccc2c(n1)NCCC2)CCOC(C)(C)C)C(=O)O. The average molecular weight is 532 g/mol. The van der Waals surface area contributed by atoms with Crippen molar-refractivity contribution in [1.82, 2.24) is 20.1 Å². The Labute approximate surface area is 228 Å². The molecular weight excluding hydrogens is 482 g/mol. The number of nitrogens with zero attached hydrogens (tertiary/aromatic N) is 3. The van der Waals surface area contributed by atoms with Crippen molar-refractivity contribution in [2.75, 3.05) is 38.1 Å². The van der Waals surface area contributed by atoms with Gasteiger partial charge in [-0.2, -0.15) is 0 Å². The number of fused-ring (bicyclic) bond motifs is 1. The Bertz CT molecular complexity index is 909. The molecule has 2 aliphatic rings. The molecule has 0 spiro atoms. The van der Waals surface area contributed by atoms with E-state index in [9.17, 15) is 14.7 Å². The molecule has 214 valence electrons. The van der Waals surface area contributed by atoms with Crippen LogP contribution < -0.4 is 10.6 Å². The Morgan fingerprint density at radius 1 is 1.18 bits per heavy atom. The molecular formula is C29H49N5O4. The lowest BCUT2D eigenvalue weighted by Crippen LogP contribution is -2.51. The fourth-order valence-electron chi connectivity index (χ4n) is 5.35. The molecule has 0 bridgehead atoms. The van der Waals surface area contributed by atoms with Gasteiger partial charge >= 0.3 is 12.0 Å². The second-order valence-electron chi connectivity index (χ2n) is 11.9. The fraction of sp³-hybridized carbons (Fsp3) is 0.759. The van der Waals surface area contributed by atoms with E-state index < -0.39 is 12.0 Å². The number of carbonyl (C=O) groups excluding carboxylic acids is 1. The molecule has 3 unspecified atom stereocenters. The molecule has 3 rings (SSSR count). The monoisotopic (exact) mass is 531 g/mol. The van der Waals surface area contributed by atoms with Gasteiger partial charge in [-0.15, -0.1) is 0 Å². The number of urea groups is 1. The van der Waals surface area contributed by atoms with Gasteiger partial charge < -0.3 is 30.3 Å². The number of anilines is 1. The standard InChI is InChI=1S/C29H49N5O4/c1-21-11-12-22(2)34(21)28(37)32-25(27(35)36)15-18-33(19-20-38-29(3,4)5)17-7-6-10-24-14-13-23-9-8-16-30-26(23)31-24/h13-14,21-22,25H,6-12,15-20H2,1-5H3,(H,30,31)(H,32,37)(H,35,36). The lowest BCUT2D eigenvalue weighted by atomic mass is 10.1. The summed E-state index contributed by atoms with van der Waals surface area (Å²) in [4.78, 5) is 33.7. The Morgan fingerprint density at radius 2 is 1.92 bits per heavy atom. The van der Waals surface area contributed by atoms with Crippen molar-refractivity contribution < 1.29 is 19.4 Å². The van der Waals surface area contributed by atoms with Crippen LogP contribution in [0.4, 0.5) is 10.6 Å². The number of ether oxygens (including phenoxy) is 1. The van der Waals surface area contributed by atoms with Gasteiger partial charge in [-0.25, -0.2) is 14.6 Å². The summed E-state index contributed by atoms with van der Waals surface area (Å²) < 4.78 is 5.95. The van der Waals surface area contributed by atoms with Gasteiger partial charge in [0.15, 0.2) is 0 Å². The molecule has 0 aliphatic carbocycles. The Balaban J connectivity index is 1.51. The van der Waals surface area contributed by atoms with Gasteiger partial charge in [0, 0.05) is 37.4 Å². The van der Waals surface area contributed by atoms with Gasteiger partial charge in [-0.1, -0.05) is 6.07 Å². The molecule has 3 atom stereocenters. The molecule has 0 aromatic carbocycles. The van der Waals surface area contributed by atoms with Gasteiger partial charge in [-0.3, -0.25) is 0 Å². The summed E-state index contributed by atoms with van der Waals surface area (Å²) in [5.41, 5.74) is 2.19. The van der Waals surface area contributed by atoms with Crippen LogP contribution in [0.3, 0.4) is 0 Å². The minimum absolute atomic E-state index is 0.130. The van der Waals surface area contributed by atoms with Crippen LogP contribution in [0.1, 0.15) is 84.4 Å². The molecule has 2 aliphatic heterocycles. The van der Waals surface area contributed by atoms with Crippen LogP contribution in [0.5, 0.6) is 0 Å². The van der Waals surface area contributed by atoms with Crippen LogP contribution in [0, 0.1) is 0 Å². The first-order chi connectivity index (χ1) is 18.0. The zero-order chi connectivity index (χ0) is 27.7. The second-order valence-corrected chi connectivity index (χ2v) is 11.9. The number of amides is 2. The van der Waals surface area contributed by atoms with E-state index in [1.54, 1.807) is 4.90 Å². The van der Waals surface area contributed by atoms with E-state index in [2.05, 4.69) is 27.7 Å². The van der Waals surface area contributed by atoms with E-state index in [-0.39, 0.29) is 23.7 Å². The van der Waals surface area contributed by atoms with Crippen molar-refractivity contribution >= 4 is 17.8 Å². The third-order valence-corrected chi connectivity index (χ3v) is 7.57. The largest absolute Gasteiger partial charge is 0.480 e. The van der Waals surface area contributed by atoms with Crippen LogP contribution in [0.2, 0.25) is 0 Å². The average Bonchev–Trinajstić information content (AvgIpc) is 3.20. The molecule has 1 fully saturated rings. The highest BCUT2D eigenvalue weighted by molar-refractivity contribution is 5.83. The summed E-state index contributed by atoms with van der Waals surface area (Å²) in [6, 6.07) is 3.41. The van der Waals surface area contributed by atoms with Crippen LogP contribution in [0.25, 0.3) is 0 Å². The number of aryl methyl sites for hydroxylation is 2. The number of rotatable bonds is 13. The van der Waals surface area contributed by atoms with Crippen molar-refractivity contribution in [3.8, 4) is 0 Å². The number of carboxylic acid groups (broad SMARTS) is 1. The number of hydrogen-bond acceptors (Lipinski definition) is 6. The molecule has 38 heavy (non-hydrogen) atoms. The van der Waals surface area contributed by atoms with Crippen molar-refractivity contribution in [3.05, 3.63) is 23.4 Å². The summed E-state index contributed by atoms with van der Waals surface area (Å²) in [5.74, 6) is 0.0463. The number of hydrogen-bond donors (Lipinski definition) is 3. The van der Waals surface area contributed by atoms with Crippen LogP contribution >= 0.6 is 0 Å². The third-order valence-electron chi connectivity index (χ3n) is 7.57. The molecule has 3 heterocycles. The second kappa shape index (κ2) is 14.1. The molecule has 9 nitrogen and oxygen atoms in total. The quantitative estimate of drug-likeness (QED) is 0.326. The summed E-state index contributed by atoms with van der Waals surface area (Å²) in [7, 11) is 0. The molecule has 9 heteroatoms. The summed E-state index contributed by atoms with van der Waals surface area (Å²) in [5, 5.41) is 16.0. The Hall–Kier alpha value is -2.39. The molecule has 1 saturated heterocycles. The van der Waals surface area contributed by atoms with Gasteiger partial charge in [0.05, 0.1) is 12.2 Å². The van der Waals surface area contributed by atoms with Gasteiger partial charge in [0.25, 0.3) is 0 Å². The molecule has 3 N–H and O–H groups in total. The lowest BCUT2D eigenvalue weighted by molar-refractivity contribution is -0.139. The van der Waals surface area contributed by atoms with E-state index >= 15 is 0 Å².